The van der Waals surface area contributed by atoms with Gasteiger partial charge in [0.05, 0.1) is 18.2 Å². The van der Waals surface area contributed by atoms with Gasteiger partial charge < -0.3 is 40.5 Å². The van der Waals surface area contributed by atoms with E-state index in [0.717, 1.165) is 120 Å². The van der Waals surface area contributed by atoms with Crippen LogP contribution in [-0.4, -0.2) is 119 Å². The van der Waals surface area contributed by atoms with Crippen molar-refractivity contribution in [2.75, 3.05) is 69.6 Å². The van der Waals surface area contributed by atoms with E-state index in [2.05, 4.69) is 48.0 Å². The molecule has 1 saturated carbocycles. The molecule has 3 aromatic rings. The number of nitrogens with two attached hydrogens (primary N) is 1. The van der Waals surface area contributed by atoms with Crippen LogP contribution in [0.1, 0.15) is 121 Å². The van der Waals surface area contributed by atoms with E-state index in [9.17, 15) is 19.2 Å². The van der Waals surface area contributed by atoms with Crippen LogP contribution < -0.4 is 26.6 Å². The van der Waals surface area contributed by atoms with Gasteiger partial charge in [-0.05, 0) is 118 Å². The number of carbonyl (C=O) groups excluding carboxylic acids is 4. The Morgan fingerprint density at radius 1 is 0.984 bits per heavy atom. The lowest BCUT2D eigenvalue weighted by Crippen LogP contribution is -2.49. The molecular weight excluding hydrogens is 775 g/mol. The number of aromatic nitrogens is 3. The maximum atomic E-state index is 12.9. The number of nitrogens with one attached hydrogen (secondary N) is 3. The van der Waals surface area contributed by atoms with Gasteiger partial charge >= 0.3 is 6.03 Å². The molecule has 0 spiro atoms. The van der Waals surface area contributed by atoms with E-state index in [1.165, 1.54) is 23.3 Å². The van der Waals surface area contributed by atoms with Crippen molar-refractivity contribution in [3.8, 4) is 0 Å². The molecule has 5 fully saturated rings. The minimum Gasteiger partial charge on any atom is -0.388 e. The van der Waals surface area contributed by atoms with Crippen molar-refractivity contribution in [3.63, 3.8) is 0 Å². The smallest absolute Gasteiger partial charge is 0.320 e. The first kappa shape index (κ1) is 39.6. The van der Waals surface area contributed by atoms with Gasteiger partial charge in [0.25, 0.3) is 5.91 Å². The highest BCUT2D eigenvalue weighted by molar-refractivity contribution is 6.01. The number of rotatable bonds is 10. The van der Waals surface area contributed by atoms with E-state index in [1.807, 2.05) is 24.1 Å². The number of allylic oxidation sites excluding steroid dienone is 1. The fourth-order valence-corrected chi connectivity index (χ4v) is 11.5. The lowest BCUT2D eigenvalue weighted by molar-refractivity contribution is -0.134. The SMILES string of the molecule is CN1CCN([C@@H]2CCCN(c3cnc(C(N)=O)c(Nc4ccc(C5CCN(C[C@@H]6CCC(C7CC8=C(CCN8)c8c(C9CCC(=O)NC9=O)noc87)C6)CC5)cc4)n3)C2)C1=O. The van der Waals surface area contributed by atoms with Crippen molar-refractivity contribution in [1.82, 2.24) is 40.5 Å². The summed E-state index contributed by atoms with van der Waals surface area (Å²) in [6, 6.07) is 8.63. The minimum atomic E-state index is -0.642. The van der Waals surface area contributed by atoms with E-state index >= 15 is 0 Å². The van der Waals surface area contributed by atoms with Crippen molar-refractivity contribution >= 4 is 46.6 Å². The average molecular weight is 832 g/mol. The Kier molecular flexibility index (Phi) is 10.7. The second-order valence-corrected chi connectivity index (χ2v) is 18.4. The Bertz CT molecular complexity index is 2230. The molecule has 5 atom stereocenters. The molecule has 3 unspecified atom stereocenters. The van der Waals surface area contributed by atoms with Gasteiger partial charge in [-0.25, -0.2) is 14.8 Å². The number of anilines is 3. The number of likely N-dealkylation sites (tertiary alicyclic amines) is 1. The maximum absolute atomic E-state index is 12.9. The lowest BCUT2D eigenvalue weighted by Gasteiger charge is -2.37. The molecule has 5 N–H and O–H groups in total. The van der Waals surface area contributed by atoms with Gasteiger partial charge in [0.15, 0.2) is 11.5 Å². The molecule has 5 amide bonds. The Morgan fingerprint density at radius 2 is 1.82 bits per heavy atom. The summed E-state index contributed by atoms with van der Waals surface area (Å²) in [5.41, 5.74) is 12.3. The molecule has 4 saturated heterocycles. The third kappa shape index (κ3) is 7.72. The monoisotopic (exact) mass is 831 g/mol. The zero-order valence-electron chi connectivity index (χ0n) is 35.0. The third-order valence-corrected chi connectivity index (χ3v) is 14.8. The summed E-state index contributed by atoms with van der Waals surface area (Å²) < 4.78 is 6.16. The standard InChI is InChI=1S/C45H57N11O5/c1-53-19-20-56(45(53)60)31-3-2-16-55(25-31)36-23-48-40(42(46)58)43(50-36)49-30-8-6-27(7-9-30)28-13-17-54(18-14-28)24-26-4-5-29(21-26)34-22-35-32(12-15-47-35)38-39(52-61-41(34)38)33-10-11-37(57)51-44(33)59/h6-9,23,26,28-29,31,33-34,47H,2-5,10-22,24-25H2,1H3,(H2,46,58)(H,49,50)(H,51,57,59)/t26-,29?,31-,33?,34?/m1/s1. The van der Waals surface area contributed by atoms with E-state index < -0.39 is 11.8 Å². The van der Waals surface area contributed by atoms with Crippen LogP contribution in [0.4, 0.5) is 22.1 Å². The third-order valence-electron chi connectivity index (χ3n) is 14.8. The second-order valence-electron chi connectivity index (χ2n) is 18.4. The first-order chi connectivity index (χ1) is 29.7. The van der Waals surface area contributed by atoms with Gasteiger partial charge in [0.2, 0.25) is 11.8 Å². The molecular formula is C45H57N11O5. The number of hydrogen-bond acceptors (Lipinski definition) is 12. The molecule has 0 radical (unpaired) electrons. The van der Waals surface area contributed by atoms with Gasteiger partial charge in [-0.2, -0.15) is 0 Å². The molecule has 10 rings (SSSR count). The van der Waals surface area contributed by atoms with Gasteiger partial charge in [-0.1, -0.05) is 17.3 Å². The largest absolute Gasteiger partial charge is 0.388 e. The average Bonchev–Trinajstić information content (AvgIpc) is 4.09. The highest BCUT2D eigenvalue weighted by Crippen LogP contribution is 2.52. The minimum absolute atomic E-state index is 0.0726. The fourth-order valence-electron chi connectivity index (χ4n) is 11.5. The number of benzene rings is 1. The summed E-state index contributed by atoms with van der Waals surface area (Å²) in [5.74, 6) is 2.26. The highest BCUT2D eigenvalue weighted by atomic mass is 16.5. The maximum Gasteiger partial charge on any atom is 0.320 e. The first-order valence-corrected chi connectivity index (χ1v) is 22.5. The van der Waals surface area contributed by atoms with Crippen LogP contribution in [0.25, 0.3) is 5.57 Å². The number of primary amides is 1. The predicted octanol–water partition coefficient (Wildman–Crippen LogP) is 4.65. The van der Waals surface area contributed by atoms with Crippen molar-refractivity contribution in [2.45, 2.75) is 94.4 Å². The predicted molar refractivity (Wildman–Crippen MR) is 228 cm³/mol. The van der Waals surface area contributed by atoms with Crippen molar-refractivity contribution in [2.24, 2.45) is 17.6 Å². The quantitative estimate of drug-likeness (QED) is 0.207. The Hall–Kier alpha value is -5.51. The van der Waals surface area contributed by atoms with Crippen LogP contribution in [0.2, 0.25) is 0 Å². The molecule has 0 bridgehead atoms. The molecule has 7 heterocycles. The number of carbonyl (C=O) groups is 4. The van der Waals surface area contributed by atoms with Crippen molar-refractivity contribution in [1.29, 1.82) is 0 Å². The summed E-state index contributed by atoms with van der Waals surface area (Å²) >= 11 is 0. The summed E-state index contributed by atoms with van der Waals surface area (Å²) in [5, 5.41) is 14.0. The summed E-state index contributed by atoms with van der Waals surface area (Å²) in [7, 11) is 1.84. The van der Waals surface area contributed by atoms with Gasteiger partial charge in [-0.15, -0.1) is 0 Å². The van der Waals surface area contributed by atoms with E-state index in [-0.39, 0.29) is 35.5 Å². The van der Waals surface area contributed by atoms with E-state index in [4.69, 9.17) is 15.2 Å². The summed E-state index contributed by atoms with van der Waals surface area (Å²) in [6.07, 6.45) is 11.9. The van der Waals surface area contributed by atoms with Crippen LogP contribution in [0.5, 0.6) is 0 Å². The van der Waals surface area contributed by atoms with Gasteiger partial charge in [-0.3, -0.25) is 19.7 Å². The van der Waals surface area contributed by atoms with Crippen LogP contribution >= 0.6 is 0 Å². The normalized spacial score (nSPS) is 27.3. The number of imide groups is 1. The van der Waals surface area contributed by atoms with Crippen molar-refractivity contribution in [3.05, 3.63) is 64.4 Å². The van der Waals surface area contributed by atoms with E-state index in [0.29, 0.717) is 48.8 Å². The summed E-state index contributed by atoms with van der Waals surface area (Å²) in [4.78, 5) is 67.7. The second kappa shape index (κ2) is 16.4. The van der Waals surface area contributed by atoms with Crippen LogP contribution in [0.3, 0.4) is 0 Å². The molecule has 2 aromatic heterocycles. The molecule has 16 nitrogen and oxygen atoms in total. The van der Waals surface area contributed by atoms with Crippen molar-refractivity contribution < 1.29 is 23.7 Å². The van der Waals surface area contributed by atoms with Crippen LogP contribution in [-0.2, 0) is 9.59 Å². The molecule has 2 aliphatic carbocycles. The highest BCUT2D eigenvalue weighted by Gasteiger charge is 2.44. The molecule has 16 heteroatoms. The van der Waals surface area contributed by atoms with Gasteiger partial charge in [0, 0.05) is 75.6 Å². The lowest BCUT2D eigenvalue weighted by atomic mass is 9.76. The summed E-state index contributed by atoms with van der Waals surface area (Å²) in [6.45, 7) is 7.08. The van der Waals surface area contributed by atoms with E-state index in [1.54, 1.807) is 11.1 Å². The van der Waals surface area contributed by atoms with Gasteiger partial charge in [0.1, 0.15) is 17.3 Å². The number of nitrogens with zero attached hydrogens (tertiary/aromatic N) is 7. The topological polar surface area (TPSA) is 195 Å². The van der Waals surface area contributed by atoms with Crippen LogP contribution in [0, 0.1) is 11.8 Å². The molecule has 5 aliphatic heterocycles. The Labute approximate surface area is 356 Å². The first-order valence-electron chi connectivity index (χ1n) is 22.5. The number of urea groups is 1. The molecule has 7 aliphatic rings. The Balaban J connectivity index is 0.737. The number of hydrogen-bond donors (Lipinski definition) is 4. The Morgan fingerprint density at radius 3 is 2.59 bits per heavy atom. The number of likely N-dealkylation sites (N-methyl/N-ethyl adjacent to an activating group) is 1. The zero-order chi connectivity index (χ0) is 41.8. The zero-order valence-corrected chi connectivity index (χ0v) is 35.0. The fraction of sp³-hybridized carbons (Fsp3) is 0.578. The molecule has 322 valence electrons. The molecule has 61 heavy (non-hydrogen) atoms. The van der Waals surface area contributed by atoms with Crippen LogP contribution in [0.15, 0.2) is 40.7 Å². The number of piperidine rings is 3. The number of fused-ring (bicyclic) bond motifs is 2. The number of amides is 5. The molecule has 1 aromatic carbocycles.